The Labute approximate surface area is 346 Å². The van der Waals surface area contributed by atoms with Crippen molar-refractivity contribution in [3.8, 4) is 0 Å². The molecule has 0 aromatic heterocycles. The van der Waals surface area contributed by atoms with Gasteiger partial charge in [0.25, 0.3) is 5.91 Å². The zero-order valence-corrected chi connectivity index (χ0v) is 37.2. The molecular formula is C43H71N7O7S. The second-order valence-electron chi connectivity index (χ2n) is 21.0. The Hall–Kier alpha value is -2.78. The summed E-state index contributed by atoms with van der Waals surface area (Å²) >= 11 is 0. The lowest BCUT2D eigenvalue weighted by Crippen LogP contribution is -2.63. The molecule has 7 unspecified atom stereocenters. The van der Waals surface area contributed by atoms with Crippen LogP contribution in [-0.2, 0) is 34.2 Å². The molecule has 7 fully saturated rings. The molecule has 3 aliphatic heterocycles. The number of hydrogen-bond donors (Lipinski definition) is 4. The van der Waals surface area contributed by atoms with Gasteiger partial charge in [-0.1, -0.05) is 67.2 Å². The number of rotatable bonds is 13. The monoisotopic (exact) mass is 830 g/mol. The van der Waals surface area contributed by atoms with E-state index in [1.165, 1.54) is 4.31 Å². The maximum Gasteiger partial charge on any atom is 0.303 e. The predicted octanol–water partition coefficient (Wildman–Crippen LogP) is 3.60. The van der Waals surface area contributed by atoms with E-state index in [-0.39, 0.29) is 57.9 Å². The molecule has 0 aromatic rings. The number of amides is 5. The lowest BCUT2D eigenvalue weighted by molar-refractivity contribution is -0.145. The molecule has 2 spiro atoms. The normalized spacial score (nSPS) is 32.9. The van der Waals surface area contributed by atoms with Crippen LogP contribution in [0.4, 0.5) is 0 Å². The van der Waals surface area contributed by atoms with Gasteiger partial charge in [0.15, 0.2) is 0 Å². The molecule has 3 heterocycles. The standard InChI is InChI=1S/C43H71N7O7S/c1-9-29-24-43(29,38(55)47-58(56,57)48-21-12-13-22-48)46-35(52)31-25-42(40(7,8)41(42)19-15-20-41)26-50(31)37(54)33(39(4,5)6)45-36(53)32(28-16-10-11-17-28)44-34(51)30-18-14-23-49(30)27(2)3/h27-33H,9-26H2,1-8H3,(H,44,51)(H,45,53)(H,46,52)(H,47,55). The fraction of sp³-hybridized carbons (Fsp3) is 0.884. The molecule has 7 rings (SSSR count). The molecule has 7 atom stereocenters. The van der Waals surface area contributed by atoms with E-state index in [0.717, 1.165) is 77.2 Å². The molecule has 0 radical (unpaired) electrons. The van der Waals surface area contributed by atoms with Gasteiger partial charge in [0.05, 0.1) is 6.04 Å². The van der Waals surface area contributed by atoms with E-state index in [1.807, 2.05) is 27.7 Å². The van der Waals surface area contributed by atoms with Crippen LogP contribution in [0.3, 0.4) is 0 Å². The number of nitrogens with one attached hydrogen (secondary N) is 4. The minimum absolute atomic E-state index is 0.000396. The molecule has 4 saturated carbocycles. The second kappa shape index (κ2) is 15.3. The molecule has 326 valence electrons. The van der Waals surface area contributed by atoms with Crippen LogP contribution in [0, 0.1) is 33.5 Å². The van der Waals surface area contributed by atoms with Crippen LogP contribution >= 0.6 is 0 Å². The first-order chi connectivity index (χ1) is 27.2. The third-order valence-electron chi connectivity index (χ3n) is 16.5. The fourth-order valence-corrected chi connectivity index (χ4v) is 13.8. The van der Waals surface area contributed by atoms with Gasteiger partial charge in [-0.3, -0.25) is 28.9 Å². The smallest absolute Gasteiger partial charge is 0.303 e. The molecule has 14 nitrogen and oxygen atoms in total. The Morgan fingerprint density at radius 1 is 0.793 bits per heavy atom. The quantitative estimate of drug-likeness (QED) is 0.218. The van der Waals surface area contributed by atoms with Gasteiger partial charge in [-0.15, -0.1) is 0 Å². The lowest BCUT2D eigenvalue weighted by Gasteiger charge is -2.37. The predicted molar refractivity (Wildman–Crippen MR) is 220 cm³/mol. The first-order valence-corrected chi connectivity index (χ1v) is 23.9. The average Bonchev–Trinajstić information content (AvgIpc) is 3.69. The van der Waals surface area contributed by atoms with Crippen molar-refractivity contribution >= 4 is 39.7 Å². The highest BCUT2D eigenvalue weighted by molar-refractivity contribution is 7.87. The van der Waals surface area contributed by atoms with Crippen molar-refractivity contribution in [2.24, 2.45) is 33.5 Å². The van der Waals surface area contributed by atoms with Crippen LogP contribution in [0.1, 0.15) is 145 Å². The first kappa shape index (κ1) is 43.3. The molecule has 0 aromatic carbocycles. The number of nitrogens with zero attached hydrogens (tertiary/aromatic N) is 3. The van der Waals surface area contributed by atoms with Crippen LogP contribution < -0.4 is 20.7 Å². The van der Waals surface area contributed by atoms with E-state index in [4.69, 9.17) is 0 Å². The zero-order chi connectivity index (χ0) is 42.2. The highest BCUT2D eigenvalue weighted by Crippen LogP contribution is 2.88. The molecule has 7 aliphatic rings. The Balaban J connectivity index is 1.14. The van der Waals surface area contributed by atoms with Crippen LogP contribution in [0.5, 0.6) is 0 Å². The van der Waals surface area contributed by atoms with Gasteiger partial charge in [0.2, 0.25) is 23.6 Å². The van der Waals surface area contributed by atoms with Crippen molar-refractivity contribution < 1.29 is 32.4 Å². The topological polar surface area (TPSA) is 177 Å². The molecule has 3 saturated heterocycles. The molecule has 0 bridgehead atoms. The summed E-state index contributed by atoms with van der Waals surface area (Å²) in [5.41, 5.74) is -2.59. The van der Waals surface area contributed by atoms with Crippen LogP contribution in [0.25, 0.3) is 0 Å². The summed E-state index contributed by atoms with van der Waals surface area (Å²) in [6, 6.07) is -2.81. The van der Waals surface area contributed by atoms with Gasteiger partial charge >= 0.3 is 10.2 Å². The van der Waals surface area contributed by atoms with E-state index >= 15 is 4.79 Å². The second-order valence-corrected chi connectivity index (χ2v) is 22.6. The van der Waals surface area contributed by atoms with Crippen molar-refractivity contribution in [2.45, 2.75) is 181 Å². The molecule has 4 aliphatic carbocycles. The van der Waals surface area contributed by atoms with Crippen molar-refractivity contribution in [3.05, 3.63) is 0 Å². The van der Waals surface area contributed by atoms with Crippen molar-refractivity contribution in [3.63, 3.8) is 0 Å². The number of likely N-dealkylation sites (tertiary alicyclic amines) is 2. The summed E-state index contributed by atoms with van der Waals surface area (Å²) in [5.74, 6) is -2.37. The summed E-state index contributed by atoms with van der Waals surface area (Å²) < 4.78 is 30.0. The molecule has 15 heteroatoms. The van der Waals surface area contributed by atoms with Gasteiger partial charge in [0, 0.05) is 31.1 Å². The average molecular weight is 830 g/mol. The summed E-state index contributed by atoms with van der Waals surface area (Å²) in [5, 5.41) is 9.33. The van der Waals surface area contributed by atoms with Crippen molar-refractivity contribution in [1.29, 1.82) is 0 Å². The Morgan fingerprint density at radius 2 is 1.45 bits per heavy atom. The minimum Gasteiger partial charge on any atom is -0.343 e. The SMILES string of the molecule is CCC1CC1(NC(=O)C1CC2(CN1C(=O)C(NC(=O)C(NC(=O)C1CCCN1C(C)C)C1CCCC1)C(C)(C)C)C(C)(C)C21CCC1)C(=O)NS(=O)(=O)N1CCCC1. The maximum absolute atomic E-state index is 15.2. The first-order valence-electron chi connectivity index (χ1n) is 22.5. The number of carbonyl (C=O) groups excluding carboxylic acids is 5. The number of fused-ring (bicyclic) bond motifs is 1. The number of carbonyl (C=O) groups is 5. The Morgan fingerprint density at radius 3 is 1.98 bits per heavy atom. The van der Waals surface area contributed by atoms with Crippen LogP contribution in [-0.4, -0.2) is 114 Å². The third kappa shape index (κ3) is 7.08. The Kier molecular flexibility index (Phi) is 11.4. The molecule has 4 N–H and O–H groups in total. The number of hydrogen-bond acceptors (Lipinski definition) is 8. The maximum atomic E-state index is 15.2. The highest BCUT2D eigenvalue weighted by atomic mass is 32.2. The van der Waals surface area contributed by atoms with Gasteiger partial charge in [-0.05, 0) is 113 Å². The zero-order valence-electron chi connectivity index (χ0n) is 36.4. The van der Waals surface area contributed by atoms with Gasteiger partial charge in [-0.25, -0.2) is 4.72 Å². The van der Waals surface area contributed by atoms with Crippen molar-refractivity contribution in [2.75, 3.05) is 26.2 Å². The van der Waals surface area contributed by atoms with E-state index in [2.05, 4.69) is 53.3 Å². The van der Waals surface area contributed by atoms with Gasteiger partial charge in [-0.2, -0.15) is 12.7 Å². The van der Waals surface area contributed by atoms with Gasteiger partial charge < -0.3 is 20.9 Å². The summed E-state index contributed by atoms with van der Waals surface area (Å²) in [6.45, 7) is 18.2. The molecule has 5 amide bonds. The summed E-state index contributed by atoms with van der Waals surface area (Å²) in [6.07, 6.45) is 11.1. The van der Waals surface area contributed by atoms with E-state index in [9.17, 15) is 27.6 Å². The lowest BCUT2D eigenvalue weighted by atomic mass is 9.73. The van der Waals surface area contributed by atoms with E-state index in [1.54, 1.807) is 4.90 Å². The van der Waals surface area contributed by atoms with E-state index in [0.29, 0.717) is 38.9 Å². The fourth-order valence-electron chi connectivity index (χ4n) is 12.6. The molecule has 58 heavy (non-hydrogen) atoms. The highest BCUT2D eigenvalue weighted by Gasteiger charge is 2.85. The minimum atomic E-state index is -4.07. The van der Waals surface area contributed by atoms with Gasteiger partial charge in [0.1, 0.15) is 23.7 Å². The third-order valence-corrected chi connectivity index (χ3v) is 18.0. The molecular weight excluding hydrogens is 759 g/mol. The van der Waals surface area contributed by atoms with E-state index < -0.39 is 51.1 Å². The largest absolute Gasteiger partial charge is 0.343 e. The van der Waals surface area contributed by atoms with Crippen LogP contribution in [0.2, 0.25) is 0 Å². The Bertz CT molecular complexity index is 1760. The summed E-state index contributed by atoms with van der Waals surface area (Å²) in [7, 11) is -4.07. The van der Waals surface area contributed by atoms with Crippen molar-refractivity contribution in [1.82, 2.24) is 34.8 Å². The summed E-state index contributed by atoms with van der Waals surface area (Å²) in [4.78, 5) is 76.1. The van der Waals surface area contributed by atoms with Crippen LogP contribution in [0.15, 0.2) is 0 Å².